The van der Waals surface area contributed by atoms with Gasteiger partial charge in [0, 0.05) is 11.3 Å². The highest BCUT2D eigenvalue weighted by Crippen LogP contribution is 2.24. The second-order valence-electron chi connectivity index (χ2n) is 3.29. The second kappa shape index (κ2) is 4.79. The number of ketones is 1. The molecule has 0 spiro atoms. The largest absolute Gasteiger partial charge is 0.381 e. The van der Waals surface area contributed by atoms with Gasteiger partial charge in [-0.15, -0.1) is 11.8 Å². The predicted octanol–water partition coefficient (Wildman–Crippen LogP) is 1.32. The molecule has 0 bridgehead atoms. The van der Waals surface area contributed by atoms with E-state index in [0.29, 0.717) is 12.2 Å². The van der Waals surface area contributed by atoms with Gasteiger partial charge in [0.2, 0.25) is 0 Å². The first-order valence-electron chi connectivity index (χ1n) is 4.79. The summed E-state index contributed by atoms with van der Waals surface area (Å²) >= 11 is 1.48. The van der Waals surface area contributed by atoms with Crippen LogP contribution in [0, 0.1) is 0 Å². The Hall–Kier alpha value is -0.840. The van der Waals surface area contributed by atoms with E-state index in [9.17, 15) is 9.90 Å². The molecule has 1 aromatic rings. The number of carbonyl (C=O) groups is 1. The fraction of sp³-hybridized carbons (Fsp3) is 0.364. The summed E-state index contributed by atoms with van der Waals surface area (Å²) < 4.78 is 5.25. The van der Waals surface area contributed by atoms with E-state index >= 15 is 0 Å². The summed E-state index contributed by atoms with van der Waals surface area (Å²) in [6, 6.07) is 8.80. The molecule has 15 heavy (non-hydrogen) atoms. The van der Waals surface area contributed by atoms with Crippen molar-refractivity contribution in [1.29, 1.82) is 0 Å². The number of aliphatic hydroxyl groups excluding tert-OH is 1. The van der Waals surface area contributed by atoms with Crippen molar-refractivity contribution in [2.24, 2.45) is 0 Å². The Labute approximate surface area is 92.4 Å². The first kappa shape index (κ1) is 10.7. The summed E-state index contributed by atoms with van der Waals surface area (Å²) in [5.41, 5.74) is 0.124. The number of aliphatic hydroxyl groups is 1. The van der Waals surface area contributed by atoms with Crippen molar-refractivity contribution in [2.45, 2.75) is 11.5 Å². The van der Waals surface area contributed by atoms with Crippen LogP contribution in [0.4, 0.5) is 0 Å². The molecule has 1 heterocycles. The smallest absolute Gasteiger partial charge is 0.194 e. The van der Waals surface area contributed by atoms with E-state index < -0.39 is 11.5 Å². The van der Waals surface area contributed by atoms with E-state index in [-0.39, 0.29) is 5.78 Å². The van der Waals surface area contributed by atoms with Crippen molar-refractivity contribution in [3.8, 4) is 0 Å². The molecule has 1 N–H and O–H groups in total. The molecule has 1 aliphatic heterocycles. The van der Waals surface area contributed by atoms with Crippen molar-refractivity contribution in [2.75, 3.05) is 12.4 Å². The molecule has 80 valence electrons. The van der Waals surface area contributed by atoms with Gasteiger partial charge in [-0.05, 0) is 0 Å². The third kappa shape index (κ3) is 2.40. The third-order valence-electron chi connectivity index (χ3n) is 2.23. The van der Waals surface area contributed by atoms with Gasteiger partial charge in [0.05, 0.1) is 6.61 Å². The van der Waals surface area contributed by atoms with Gasteiger partial charge in [-0.2, -0.15) is 0 Å². The van der Waals surface area contributed by atoms with E-state index in [1.54, 1.807) is 24.3 Å². The van der Waals surface area contributed by atoms with Crippen LogP contribution in [0.3, 0.4) is 0 Å². The molecule has 2 rings (SSSR count). The maximum absolute atomic E-state index is 11.8. The maximum atomic E-state index is 11.8. The highest BCUT2D eigenvalue weighted by molar-refractivity contribution is 8.00. The van der Waals surface area contributed by atoms with Gasteiger partial charge in [-0.3, -0.25) is 4.79 Å². The van der Waals surface area contributed by atoms with Crippen molar-refractivity contribution in [1.82, 2.24) is 0 Å². The molecule has 0 radical (unpaired) electrons. The van der Waals surface area contributed by atoms with Crippen LogP contribution in [0.15, 0.2) is 30.3 Å². The summed E-state index contributed by atoms with van der Waals surface area (Å²) in [4.78, 5) is 11.8. The van der Waals surface area contributed by atoms with Crippen LogP contribution in [-0.4, -0.2) is 34.8 Å². The molecular weight excluding hydrogens is 212 g/mol. The standard InChI is InChI=1S/C11H12O3S/c12-9(8-4-2-1-3-5-8)10(13)11-14-6-7-15-11/h1-5,10-11,13H,6-7H2/t10?,11-/m1/s1. The lowest BCUT2D eigenvalue weighted by molar-refractivity contribution is 0.0289. The zero-order valence-electron chi connectivity index (χ0n) is 8.13. The van der Waals surface area contributed by atoms with Gasteiger partial charge < -0.3 is 9.84 Å². The number of benzene rings is 1. The zero-order chi connectivity index (χ0) is 10.7. The second-order valence-corrected chi connectivity index (χ2v) is 4.49. The lowest BCUT2D eigenvalue weighted by atomic mass is 10.1. The lowest BCUT2D eigenvalue weighted by Crippen LogP contribution is -2.31. The number of rotatable bonds is 3. The molecule has 0 saturated carbocycles. The molecule has 0 aromatic heterocycles. The van der Waals surface area contributed by atoms with Gasteiger partial charge in [-0.25, -0.2) is 0 Å². The van der Waals surface area contributed by atoms with Crippen molar-refractivity contribution in [3.05, 3.63) is 35.9 Å². The normalized spacial score (nSPS) is 22.6. The van der Waals surface area contributed by atoms with E-state index in [1.807, 2.05) is 6.07 Å². The Kier molecular flexibility index (Phi) is 3.41. The van der Waals surface area contributed by atoms with Crippen LogP contribution in [0.25, 0.3) is 0 Å². The number of carbonyl (C=O) groups excluding carboxylic acids is 1. The van der Waals surface area contributed by atoms with Gasteiger partial charge >= 0.3 is 0 Å². The van der Waals surface area contributed by atoms with Crippen molar-refractivity contribution < 1.29 is 14.6 Å². The summed E-state index contributed by atoms with van der Waals surface area (Å²) in [6.45, 7) is 0.606. The summed E-state index contributed by atoms with van der Waals surface area (Å²) in [6.07, 6.45) is -1.06. The molecule has 1 unspecified atom stereocenters. The molecule has 4 heteroatoms. The van der Waals surface area contributed by atoms with E-state index in [1.165, 1.54) is 11.8 Å². The van der Waals surface area contributed by atoms with Gasteiger partial charge in [0.25, 0.3) is 0 Å². The molecule has 2 atom stereocenters. The molecular formula is C11H12O3S. The summed E-state index contributed by atoms with van der Waals surface area (Å²) in [7, 11) is 0. The Morgan fingerprint density at radius 3 is 2.80 bits per heavy atom. The van der Waals surface area contributed by atoms with E-state index in [4.69, 9.17) is 4.74 Å². The highest BCUT2D eigenvalue weighted by Gasteiger charge is 2.30. The quantitative estimate of drug-likeness (QED) is 0.787. The molecule has 1 aliphatic rings. The van der Waals surface area contributed by atoms with Crippen LogP contribution < -0.4 is 0 Å². The number of thioether (sulfide) groups is 1. The molecule has 1 aromatic carbocycles. The number of hydrogen-bond acceptors (Lipinski definition) is 4. The zero-order valence-corrected chi connectivity index (χ0v) is 8.94. The minimum atomic E-state index is -1.06. The molecule has 0 amide bonds. The minimum absolute atomic E-state index is 0.269. The van der Waals surface area contributed by atoms with Gasteiger partial charge in [0.1, 0.15) is 5.44 Å². The van der Waals surface area contributed by atoms with Gasteiger partial charge in [0.15, 0.2) is 11.9 Å². The topological polar surface area (TPSA) is 46.5 Å². The number of ether oxygens (including phenoxy) is 1. The number of hydrogen-bond donors (Lipinski definition) is 1. The van der Waals surface area contributed by atoms with Crippen LogP contribution in [-0.2, 0) is 4.74 Å². The van der Waals surface area contributed by atoms with E-state index in [0.717, 1.165) is 5.75 Å². The third-order valence-corrected chi connectivity index (χ3v) is 3.36. The SMILES string of the molecule is O=C(c1ccccc1)C(O)[C@@H]1OCCS1. The molecule has 0 aliphatic carbocycles. The van der Waals surface area contributed by atoms with Crippen molar-refractivity contribution >= 4 is 17.5 Å². The Morgan fingerprint density at radius 2 is 2.20 bits per heavy atom. The lowest BCUT2D eigenvalue weighted by Gasteiger charge is -2.15. The maximum Gasteiger partial charge on any atom is 0.194 e. The van der Waals surface area contributed by atoms with Crippen LogP contribution in [0.5, 0.6) is 0 Å². The Morgan fingerprint density at radius 1 is 1.47 bits per heavy atom. The fourth-order valence-electron chi connectivity index (χ4n) is 1.46. The van der Waals surface area contributed by atoms with Crippen molar-refractivity contribution in [3.63, 3.8) is 0 Å². The first-order chi connectivity index (χ1) is 7.29. The minimum Gasteiger partial charge on any atom is -0.381 e. The van der Waals surface area contributed by atoms with E-state index in [2.05, 4.69) is 0 Å². The summed E-state index contributed by atoms with van der Waals surface area (Å²) in [5, 5.41) is 9.78. The fourth-order valence-corrected chi connectivity index (χ4v) is 2.38. The van der Waals surface area contributed by atoms with Crippen LogP contribution in [0.2, 0.25) is 0 Å². The average molecular weight is 224 g/mol. The molecule has 1 fully saturated rings. The predicted molar refractivity (Wildman–Crippen MR) is 59.0 cm³/mol. The Bertz CT molecular complexity index is 333. The molecule has 3 nitrogen and oxygen atoms in total. The number of Topliss-reactive ketones (excluding diaryl/α,β-unsaturated/α-hetero) is 1. The average Bonchev–Trinajstić information content (AvgIpc) is 2.82. The molecule has 1 saturated heterocycles. The van der Waals surface area contributed by atoms with Crippen LogP contribution in [0.1, 0.15) is 10.4 Å². The highest BCUT2D eigenvalue weighted by atomic mass is 32.2. The van der Waals surface area contributed by atoms with Crippen LogP contribution >= 0.6 is 11.8 Å². The van der Waals surface area contributed by atoms with Gasteiger partial charge in [-0.1, -0.05) is 30.3 Å². The first-order valence-corrected chi connectivity index (χ1v) is 5.84. The Balaban J connectivity index is 2.07. The monoisotopic (exact) mass is 224 g/mol. The summed E-state index contributed by atoms with van der Waals surface area (Å²) in [5.74, 6) is 0.569.